The Morgan fingerprint density at radius 3 is 1.62 bits per heavy atom. The number of likely N-dealkylation sites (N-methyl/N-ethyl adjacent to an activating group) is 1. The van der Waals surface area contributed by atoms with Crippen molar-refractivity contribution < 1.29 is 22.0 Å². The first-order valence-electron chi connectivity index (χ1n) is 3.25. The molecule has 0 rings (SSSR count). The van der Waals surface area contributed by atoms with Gasteiger partial charge in [0.05, 0.1) is 27.7 Å². The lowest BCUT2D eigenvalue weighted by atomic mass is 10.5. The smallest absolute Gasteiger partial charge is 0.215 e. The minimum absolute atomic E-state index is 0. The Morgan fingerprint density at radius 1 is 1.38 bits per heavy atom. The summed E-state index contributed by atoms with van der Waals surface area (Å²) in [6.45, 7) is 1.84. The van der Waals surface area contributed by atoms with Crippen molar-refractivity contribution in [3.05, 3.63) is 0 Å². The van der Waals surface area contributed by atoms with E-state index in [4.69, 9.17) is 23.3 Å². The van der Waals surface area contributed by atoms with Crippen LogP contribution in [-0.4, -0.2) is 56.2 Å². The first-order valence-corrected chi connectivity index (χ1v) is 4.61. The van der Waals surface area contributed by atoms with Crippen LogP contribution in [0.3, 0.4) is 0 Å². The van der Waals surface area contributed by atoms with Crippen molar-refractivity contribution in [1.82, 2.24) is 6.15 Å². The Balaban J connectivity index is -0.000000150. The van der Waals surface area contributed by atoms with Crippen LogP contribution in [0.1, 0.15) is 0 Å². The zero-order valence-electron chi connectivity index (χ0n) is 8.23. The fraction of sp³-hybridized carbons (Fsp3) is 1.00. The number of rotatable bonds is 2. The van der Waals surface area contributed by atoms with E-state index in [1.54, 1.807) is 0 Å². The van der Waals surface area contributed by atoms with E-state index in [0.29, 0.717) is 0 Å². The van der Waals surface area contributed by atoms with Gasteiger partial charge in [-0.15, -0.1) is 0 Å². The van der Waals surface area contributed by atoms with Crippen LogP contribution in [0.25, 0.3) is 0 Å². The van der Waals surface area contributed by atoms with Gasteiger partial charge < -0.3 is 20.9 Å². The van der Waals surface area contributed by atoms with Crippen molar-refractivity contribution in [2.24, 2.45) is 5.73 Å². The third kappa shape index (κ3) is 79.4. The Hall–Kier alpha value is -0.250. The van der Waals surface area contributed by atoms with Crippen LogP contribution in [0.2, 0.25) is 0 Å². The van der Waals surface area contributed by atoms with Crippen molar-refractivity contribution in [1.29, 1.82) is 0 Å². The summed E-state index contributed by atoms with van der Waals surface area (Å²) in [5.41, 5.74) is 5.30. The second-order valence-electron chi connectivity index (χ2n) is 3.23. The predicted octanol–water partition coefficient (Wildman–Crippen LogP) is -1.18. The number of nitrogens with two attached hydrogens (primary N) is 1. The summed E-state index contributed by atoms with van der Waals surface area (Å²) in [6, 6.07) is 0. The quantitative estimate of drug-likeness (QED) is 0.302. The molecule has 8 heteroatoms. The van der Waals surface area contributed by atoms with E-state index in [2.05, 4.69) is 21.1 Å². The highest BCUT2D eigenvalue weighted by Gasteiger charge is 2.01. The summed E-state index contributed by atoms with van der Waals surface area (Å²) in [7, 11) is 1.48. The van der Waals surface area contributed by atoms with E-state index >= 15 is 0 Å². The van der Waals surface area contributed by atoms with E-state index in [0.717, 1.165) is 17.6 Å². The fourth-order valence-electron chi connectivity index (χ4n) is 0.387. The summed E-state index contributed by atoms with van der Waals surface area (Å²) in [4.78, 5) is 0. The molecule has 0 saturated carbocycles. The van der Waals surface area contributed by atoms with Gasteiger partial charge in [0.2, 0.25) is 10.4 Å². The van der Waals surface area contributed by atoms with Crippen LogP contribution in [0.4, 0.5) is 0 Å². The standard InChI is InChI=1S/C5H15N2.H3N.H2O4S/c1-7(2,3)5-4-6;;1-5(2,3)4/h4-6H2,1-3H3;1H3;(H2,1,2,3,4)/q+1;;/p-1. The third-order valence-corrected chi connectivity index (χ3v) is 0.800. The molecule has 0 fully saturated rings. The highest BCUT2D eigenvalue weighted by molar-refractivity contribution is 7.79. The summed E-state index contributed by atoms with van der Waals surface area (Å²) >= 11 is 0. The molecule has 13 heavy (non-hydrogen) atoms. The summed E-state index contributed by atoms with van der Waals surface area (Å²) in [5, 5.41) is 0. The van der Waals surface area contributed by atoms with Gasteiger partial charge in [-0.2, -0.15) is 0 Å². The molecule has 0 aromatic rings. The molecule has 0 aromatic carbocycles. The first-order chi connectivity index (χ1) is 5.06. The number of hydrogen-bond acceptors (Lipinski definition) is 5. The molecule has 0 unspecified atom stereocenters. The van der Waals surface area contributed by atoms with Gasteiger partial charge in [-0.25, -0.2) is 8.42 Å². The molecular formula is C5H19N3O4S. The molecule has 6 N–H and O–H groups in total. The van der Waals surface area contributed by atoms with Gasteiger partial charge in [0.25, 0.3) is 0 Å². The van der Waals surface area contributed by atoms with Gasteiger partial charge in [-0.3, -0.25) is 4.55 Å². The van der Waals surface area contributed by atoms with Crippen molar-refractivity contribution in [2.75, 3.05) is 34.2 Å². The molecule has 0 aliphatic carbocycles. The SMILES string of the molecule is C[N+](C)(C)CCN.N.O=S(=O)([O-])O. The van der Waals surface area contributed by atoms with Gasteiger partial charge in [0.15, 0.2) is 0 Å². The van der Waals surface area contributed by atoms with Crippen LogP contribution in [0, 0.1) is 0 Å². The predicted molar refractivity (Wildman–Crippen MR) is 49.3 cm³/mol. The van der Waals surface area contributed by atoms with Crippen LogP contribution in [-0.2, 0) is 10.4 Å². The molecule has 0 saturated heterocycles. The highest BCUT2D eigenvalue weighted by Crippen LogP contribution is 1.83. The lowest BCUT2D eigenvalue weighted by Gasteiger charge is -2.22. The highest BCUT2D eigenvalue weighted by atomic mass is 32.3. The monoisotopic (exact) mass is 217 g/mol. The van der Waals surface area contributed by atoms with Crippen LogP contribution in [0.15, 0.2) is 0 Å². The minimum atomic E-state index is -4.92. The minimum Gasteiger partial charge on any atom is -0.726 e. The molecule has 0 amide bonds. The topological polar surface area (TPSA) is 138 Å². The van der Waals surface area contributed by atoms with Crippen molar-refractivity contribution >= 4 is 10.4 Å². The van der Waals surface area contributed by atoms with Gasteiger partial charge in [0.1, 0.15) is 0 Å². The maximum absolute atomic E-state index is 8.63. The summed E-state index contributed by atoms with van der Waals surface area (Å²) in [5.74, 6) is 0. The molecule has 0 bridgehead atoms. The molecule has 0 aliphatic heterocycles. The maximum atomic E-state index is 8.63. The summed E-state index contributed by atoms with van der Waals surface area (Å²) < 4.78 is 33.8. The zero-order valence-corrected chi connectivity index (χ0v) is 9.04. The maximum Gasteiger partial charge on any atom is 0.215 e. The van der Waals surface area contributed by atoms with E-state index in [1.807, 2.05) is 0 Å². The molecule has 0 atom stereocenters. The molecule has 0 heterocycles. The molecule has 0 aliphatic rings. The molecule has 0 aromatic heterocycles. The Bertz CT molecular complexity index is 188. The summed E-state index contributed by atoms with van der Waals surface area (Å²) in [6.07, 6.45) is 0. The first kappa shape index (κ1) is 18.5. The molecule has 0 spiro atoms. The van der Waals surface area contributed by atoms with Crippen LogP contribution < -0.4 is 11.9 Å². The largest absolute Gasteiger partial charge is 0.726 e. The third-order valence-electron chi connectivity index (χ3n) is 0.800. The van der Waals surface area contributed by atoms with E-state index < -0.39 is 10.4 Å². The lowest BCUT2D eigenvalue weighted by molar-refractivity contribution is -0.868. The molecule has 84 valence electrons. The molecule has 0 radical (unpaired) electrons. The normalized spacial score (nSPS) is 10.9. The van der Waals surface area contributed by atoms with Gasteiger partial charge in [-0.1, -0.05) is 0 Å². The second kappa shape index (κ2) is 7.18. The average molecular weight is 217 g/mol. The van der Waals surface area contributed by atoms with Crippen molar-refractivity contribution in [3.8, 4) is 0 Å². The van der Waals surface area contributed by atoms with Crippen LogP contribution in [0.5, 0.6) is 0 Å². The van der Waals surface area contributed by atoms with E-state index in [9.17, 15) is 0 Å². The van der Waals surface area contributed by atoms with Gasteiger partial charge in [0, 0.05) is 6.54 Å². The lowest BCUT2D eigenvalue weighted by Crippen LogP contribution is -2.38. The van der Waals surface area contributed by atoms with E-state index in [-0.39, 0.29) is 6.15 Å². The zero-order chi connectivity index (χ0) is 10.4. The van der Waals surface area contributed by atoms with Crippen molar-refractivity contribution in [3.63, 3.8) is 0 Å². The molecule has 7 nitrogen and oxygen atoms in total. The van der Waals surface area contributed by atoms with Gasteiger partial charge >= 0.3 is 0 Å². The fourth-order valence-corrected chi connectivity index (χ4v) is 0.387. The van der Waals surface area contributed by atoms with Crippen molar-refractivity contribution in [2.45, 2.75) is 0 Å². The Labute approximate surface area is 79.3 Å². The molecular weight excluding hydrogens is 198 g/mol. The van der Waals surface area contributed by atoms with E-state index in [1.165, 1.54) is 0 Å². The average Bonchev–Trinajstić information content (AvgIpc) is 1.54. The Morgan fingerprint density at radius 2 is 1.62 bits per heavy atom. The number of quaternary nitrogens is 1. The van der Waals surface area contributed by atoms with Gasteiger partial charge in [-0.05, 0) is 0 Å². The van der Waals surface area contributed by atoms with Crippen LogP contribution >= 0.6 is 0 Å². The Kier molecular flexibility index (Phi) is 10.2. The second-order valence-corrected chi connectivity index (χ2v) is 4.09. The number of hydrogen-bond donors (Lipinski definition) is 3. The number of nitrogens with zero attached hydrogens (tertiary/aromatic N) is 1.